The molecule has 2 aromatic carbocycles. The van der Waals surface area contributed by atoms with Gasteiger partial charge in [-0.3, -0.25) is 14.4 Å². The second-order valence-electron chi connectivity index (χ2n) is 14.2. The van der Waals surface area contributed by atoms with Crippen molar-refractivity contribution in [2.45, 2.75) is 60.0 Å². The van der Waals surface area contributed by atoms with Crippen LogP contribution in [0.15, 0.2) is 65.7 Å². The molecule has 0 bridgehead atoms. The predicted octanol–water partition coefficient (Wildman–Crippen LogP) is 10.1. The number of aryl methyl sites for hydroxylation is 2. The van der Waals surface area contributed by atoms with Crippen LogP contribution in [0.5, 0.6) is 11.8 Å². The van der Waals surface area contributed by atoms with Gasteiger partial charge in [0, 0.05) is 97.3 Å². The lowest BCUT2D eigenvalue weighted by Gasteiger charge is -2.11. The molecular formula is C43H41Cl3N10O4S2. The molecule has 2 atom stereocenters. The van der Waals surface area contributed by atoms with Gasteiger partial charge in [0.15, 0.2) is 0 Å². The molecule has 0 saturated heterocycles. The van der Waals surface area contributed by atoms with Crippen LogP contribution in [0.1, 0.15) is 65.6 Å². The summed E-state index contributed by atoms with van der Waals surface area (Å²) in [6.45, 7) is 9.29. The molecule has 0 fully saturated rings. The van der Waals surface area contributed by atoms with Crippen molar-refractivity contribution in [3.8, 4) is 11.8 Å². The van der Waals surface area contributed by atoms with Crippen LogP contribution < -0.4 is 31.6 Å². The Morgan fingerprint density at radius 2 is 1.26 bits per heavy atom. The van der Waals surface area contributed by atoms with Crippen molar-refractivity contribution in [3.05, 3.63) is 108 Å². The Hall–Kier alpha value is -5.65. The molecule has 0 radical (unpaired) electrons. The molecule has 2 aliphatic rings. The highest BCUT2D eigenvalue weighted by Crippen LogP contribution is 2.42. The van der Waals surface area contributed by atoms with Crippen LogP contribution in [0.4, 0.5) is 11.4 Å². The number of H-pyrrole nitrogens is 1. The van der Waals surface area contributed by atoms with E-state index < -0.39 is 0 Å². The maximum absolute atomic E-state index is 12.6. The zero-order valence-electron chi connectivity index (χ0n) is 33.1. The molecule has 0 saturated carbocycles. The van der Waals surface area contributed by atoms with Crippen LogP contribution in [0.2, 0.25) is 15.7 Å². The Labute approximate surface area is 378 Å². The van der Waals surface area contributed by atoms with Crippen molar-refractivity contribution in [2.75, 3.05) is 23.7 Å². The first-order valence-corrected chi connectivity index (χ1v) is 22.1. The monoisotopic (exact) mass is 930 g/mol. The van der Waals surface area contributed by atoms with Crippen LogP contribution in [-0.4, -0.2) is 66.9 Å². The van der Waals surface area contributed by atoms with E-state index in [9.17, 15) is 14.4 Å². The SMILES string of the molecule is C.CCc1cnc(Cl)nc1Cl.CCc1cnc(Cl)nc1Oc1ccc2c(ccc3sc4c(c32)NC[C@@H](C)NC4=O)n1.C[C@@H]1CNc2c(sc3ccc4[nH]c(=O)ccc4c23)C(=O)N1. The fourth-order valence-electron chi connectivity index (χ4n) is 6.92. The number of rotatable bonds is 4. The molecule has 6 aromatic heterocycles. The molecule has 2 aliphatic heterocycles. The van der Waals surface area contributed by atoms with E-state index in [2.05, 4.69) is 51.2 Å². The van der Waals surface area contributed by atoms with Crippen LogP contribution in [0.25, 0.3) is 42.0 Å². The molecule has 0 aliphatic carbocycles. The number of hydrogen-bond donors (Lipinski definition) is 5. The Bertz CT molecular complexity index is 3070. The first-order valence-electron chi connectivity index (χ1n) is 19.3. The second-order valence-corrected chi connectivity index (χ2v) is 17.4. The first kappa shape index (κ1) is 44.4. The lowest BCUT2D eigenvalue weighted by molar-refractivity contribution is 0.0940. The zero-order chi connectivity index (χ0) is 42.9. The van der Waals surface area contributed by atoms with Gasteiger partial charge in [-0.15, -0.1) is 22.7 Å². The number of amides is 2. The summed E-state index contributed by atoms with van der Waals surface area (Å²) in [7, 11) is 0. The Balaban J connectivity index is 0.000000156. The van der Waals surface area contributed by atoms with Crippen molar-refractivity contribution < 1.29 is 14.3 Å². The maximum Gasteiger partial charge on any atom is 0.263 e. The maximum atomic E-state index is 12.6. The third-order valence-electron chi connectivity index (χ3n) is 9.93. The van der Waals surface area contributed by atoms with Gasteiger partial charge in [0.1, 0.15) is 14.9 Å². The lowest BCUT2D eigenvalue weighted by Crippen LogP contribution is -2.34. The minimum absolute atomic E-state index is 0. The van der Waals surface area contributed by atoms with Gasteiger partial charge in [-0.05, 0) is 86.3 Å². The predicted molar refractivity (Wildman–Crippen MR) is 253 cm³/mol. The highest BCUT2D eigenvalue weighted by Gasteiger charge is 2.26. The van der Waals surface area contributed by atoms with E-state index in [1.807, 2.05) is 64.1 Å². The standard InChI is InChI=1S/C21H18ClN5O2S.C15H13N3O2S.C6H6Cl2N2.CH4/c1-3-11-9-24-21(22)27-20(11)29-15-7-4-12-13(26-15)5-6-14-16(12)17-18(30-14)19(28)25-10(2)8-23-17;1-7-6-16-13-12-8-2-5-11(19)18-9(8)3-4-10(12)21-14(13)15(20)17-7;1-2-4-3-9-6(8)10-5(4)7;/h4-7,9-10,23H,3,8H2,1-2H3,(H,25,28);2-5,7,16H,6H2,1H3,(H,17,20)(H,18,19);3H,2H2,1H3;1H4/t10-;7-;;/m11../s1. The molecule has 0 unspecified atom stereocenters. The van der Waals surface area contributed by atoms with Gasteiger partial charge in [-0.2, -0.15) is 4.98 Å². The fraction of sp³-hybridized carbons (Fsp3) is 0.256. The molecule has 5 N–H and O–H groups in total. The van der Waals surface area contributed by atoms with Gasteiger partial charge in [0.25, 0.3) is 11.8 Å². The molecule has 0 spiro atoms. The molecule has 8 heterocycles. The highest BCUT2D eigenvalue weighted by atomic mass is 35.5. The minimum atomic E-state index is -0.123. The molecule has 10 rings (SSSR count). The molecule has 8 aromatic rings. The van der Waals surface area contributed by atoms with Gasteiger partial charge in [-0.1, -0.05) is 32.9 Å². The van der Waals surface area contributed by atoms with E-state index in [1.165, 1.54) is 28.7 Å². The first-order chi connectivity index (χ1) is 29.4. The quantitative estimate of drug-likeness (QED) is 0.0835. The summed E-state index contributed by atoms with van der Waals surface area (Å²) in [5, 5.41) is 17.5. The van der Waals surface area contributed by atoms with Gasteiger partial charge in [-0.25, -0.2) is 19.9 Å². The summed E-state index contributed by atoms with van der Waals surface area (Å²) >= 11 is 20.1. The van der Waals surface area contributed by atoms with Crippen LogP contribution in [-0.2, 0) is 12.8 Å². The Kier molecular flexibility index (Phi) is 13.4. The van der Waals surface area contributed by atoms with E-state index in [-0.39, 0.29) is 47.5 Å². The number of fused-ring (bicyclic) bond motifs is 10. The number of benzene rings is 2. The number of hydrogen-bond acceptors (Lipinski definition) is 13. The number of aromatic amines is 1. The number of carbonyl (C=O) groups is 2. The number of ether oxygens (including phenoxy) is 1. The Morgan fingerprint density at radius 1 is 0.694 bits per heavy atom. The van der Waals surface area contributed by atoms with Gasteiger partial charge in [0.2, 0.25) is 27.9 Å². The third-order valence-corrected chi connectivity index (χ3v) is 12.9. The third kappa shape index (κ3) is 9.10. The molecule has 320 valence electrons. The van der Waals surface area contributed by atoms with E-state index in [0.717, 1.165) is 70.9 Å². The van der Waals surface area contributed by atoms with E-state index in [0.29, 0.717) is 46.2 Å². The van der Waals surface area contributed by atoms with Crippen molar-refractivity contribution in [3.63, 3.8) is 0 Å². The summed E-state index contributed by atoms with van der Waals surface area (Å²) in [6, 6.07) is 15.0. The Morgan fingerprint density at radius 3 is 1.87 bits per heavy atom. The number of carbonyl (C=O) groups excluding carboxylic acids is 2. The average molecular weight is 932 g/mol. The summed E-state index contributed by atoms with van der Waals surface area (Å²) in [5.74, 6) is 0.743. The van der Waals surface area contributed by atoms with Crippen LogP contribution in [0, 0.1) is 0 Å². The molecule has 2 amide bonds. The van der Waals surface area contributed by atoms with Crippen molar-refractivity contribution in [2.24, 2.45) is 0 Å². The number of aromatic nitrogens is 6. The summed E-state index contributed by atoms with van der Waals surface area (Å²) in [6.07, 6.45) is 4.84. The minimum Gasteiger partial charge on any atom is -0.420 e. The number of thiophene rings is 2. The van der Waals surface area contributed by atoms with Gasteiger partial charge in [0.05, 0.1) is 16.9 Å². The van der Waals surface area contributed by atoms with Crippen molar-refractivity contribution in [1.82, 2.24) is 40.5 Å². The molecule has 62 heavy (non-hydrogen) atoms. The lowest BCUT2D eigenvalue weighted by atomic mass is 10.1. The van der Waals surface area contributed by atoms with Crippen LogP contribution in [0.3, 0.4) is 0 Å². The van der Waals surface area contributed by atoms with Gasteiger partial charge < -0.3 is 31.0 Å². The topological polar surface area (TPSA) is 189 Å². The summed E-state index contributed by atoms with van der Waals surface area (Å²) < 4.78 is 8.00. The highest BCUT2D eigenvalue weighted by molar-refractivity contribution is 7.22. The number of nitrogens with one attached hydrogen (secondary N) is 5. The largest absolute Gasteiger partial charge is 0.420 e. The van der Waals surface area contributed by atoms with E-state index >= 15 is 0 Å². The molecule has 14 nitrogen and oxygen atoms in total. The van der Waals surface area contributed by atoms with Crippen LogP contribution >= 0.6 is 57.5 Å². The fourth-order valence-corrected chi connectivity index (χ4v) is 9.68. The van der Waals surface area contributed by atoms with Crippen molar-refractivity contribution in [1.29, 1.82) is 0 Å². The number of anilines is 2. The second kappa shape index (κ2) is 18.8. The summed E-state index contributed by atoms with van der Waals surface area (Å²) in [4.78, 5) is 60.9. The zero-order valence-corrected chi connectivity index (χ0v) is 37.0. The number of nitrogens with zero attached hydrogens (tertiary/aromatic N) is 5. The summed E-state index contributed by atoms with van der Waals surface area (Å²) in [5.41, 5.74) is 4.95. The number of halogens is 3. The normalized spacial score (nSPS) is 15.5. The molecular weight excluding hydrogens is 891 g/mol. The van der Waals surface area contributed by atoms with Crippen molar-refractivity contribution >= 4 is 123 Å². The van der Waals surface area contributed by atoms with E-state index in [1.54, 1.807) is 18.5 Å². The smallest absolute Gasteiger partial charge is 0.263 e. The molecule has 19 heteroatoms. The average Bonchev–Trinajstić information content (AvgIpc) is 3.73. The number of pyridine rings is 2. The van der Waals surface area contributed by atoms with Gasteiger partial charge >= 0.3 is 0 Å². The van der Waals surface area contributed by atoms with E-state index in [4.69, 9.17) is 39.5 Å².